The van der Waals surface area contributed by atoms with Gasteiger partial charge < -0.3 is 15.3 Å². The second-order valence-electron chi connectivity index (χ2n) is 4.75. The predicted octanol–water partition coefficient (Wildman–Crippen LogP) is 1.97. The van der Waals surface area contributed by atoms with E-state index in [1.165, 1.54) is 0 Å². The highest BCUT2D eigenvalue weighted by Gasteiger charge is 2.30. The van der Waals surface area contributed by atoms with Gasteiger partial charge in [-0.25, -0.2) is 0 Å². The fourth-order valence-corrected chi connectivity index (χ4v) is 1.82. The molecule has 0 bridgehead atoms. The molecule has 0 aliphatic carbocycles. The Kier molecular flexibility index (Phi) is 5.16. The van der Waals surface area contributed by atoms with E-state index in [-0.39, 0.29) is 0 Å². The number of anilines is 1. The van der Waals surface area contributed by atoms with E-state index in [0.717, 1.165) is 18.7 Å². The molecule has 1 rings (SSSR count). The van der Waals surface area contributed by atoms with E-state index in [4.69, 9.17) is 5.11 Å². The predicted molar refractivity (Wildman–Crippen MR) is 74.0 cm³/mol. The van der Waals surface area contributed by atoms with E-state index >= 15 is 0 Å². The van der Waals surface area contributed by atoms with Crippen LogP contribution in [-0.4, -0.2) is 37.3 Å². The van der Waals surface area contributed by atoms with Crippen molar-refractivity contribution in [3.8, 4) is 0 Å². The molecule has 0 aliphatic rings. The quantitative estimate of drug-likeness (QED) is 0.777. The smallest absolute Gasteiger partial charge is 0.323 e. The molecule has 18 heavy (non-hydrogen) atoms. The van der Waals surface area contributed by atoms with Crippen LogP contribution in [0.2, 0.25) is 0 Å². The molecule has 1 aromatic rings. The lowest BCUT2D eigenvalue weighted by atomic mass is 9.96. The number of benzene rings is 1. The summed E-state index contributed by atoms with van der Waals surface area (Å²) >= 11 is 0. The highest BCUT2D eigenvalue weighted by atomic mass is 16.4. The van der Waals surface area contributed by atoms with Gasteiger partial charge in [0.15, 0.2) is 0 Å². The minimum absolute atomic E-state index is 0.607. The highest BCUT2D eigenvalue weighted by Crippen LogP contribution is 2.15. The van der Waals surface area contributed by atoms with E-state index in [1.54, 1.807) is 14.0 Å². The van der Waals surface area contributed by atoms with Gasteiger partial charge in [-0.1, -0.05) is 18.2 Å². The van der Waals surface area contributed by atoms with Gasteiger partial charge in [-0.3, -0.25) is 4.79 Å². The van der Waals surface area contributed by atoms with Crippen molar-refractivity contribution in [3.63, 3.8) is 0 Å². The van der Waals surface area contributed by atoms with Crippen LogP contribution in [0.15, 0.2) is 30.3 Å². The lowest BCUT2D eigenvalue weighted by Gasteiger charge is -2.26. The third kappa shape index (κ3) is 3.74. The third-order valence-electron chi connectivity index (χ3n) is 3.39. The fourth-order valence-electron chi connectivity index (χ4n) is 1.82. The first-order valence-corrected chi connectivity index (χ1v) is 6.18. The van der Waals surface area contributed by atoms with E-state index < -0.39 is 11.5 Å². The van der Waals surface area contributed by atoms with Gasteiger partial charge in [0.05, 0.1) is 0 Å². The minimum atomic E-state index is -0.836. The SMILES string of the molecule is CNC(C)(CCCN(C)c1ccccc1)C(=O)O. The monoisotopic (exact) mass is 250 g/mol. The third-order valence-corrected chi connectivity index (χ3v) is 3.39. The first kappa shape index (κ1) is 14.5. The summed E-state index contributed by atoms with van der Waals surface area (Å²) in [4.78, 5) is 13.3. The summed E-state index contributed by atoms with van der Waals surface area (Å²) in [5.74, 6) is -0.799. The maximum Gasteiger partial charge on any atom is 0.323 e. The van der Waals surface area contributed by atoms with Crippen molar-refractivity contribution in [1.82, 2.24) is 5.32 Å². The molecule has 0 fully saturated rings. The number of nitrogens with zero attached hydrogens (tertiary/aromatic N) is 1. The first-order valence-electron chi connectivity index (χ1n) is 6.18. The molecule has 0 radical (unpaired) electrons. The molecular weight excluding hydrogens is 228 g/mol. The maximum absolute atomic E-state index is 11.1. The van der Waals surface area contributed by atoms with E-state index in [0.29, 0.717) is 6.42 Å². The summed E-state index contributed by atoms with van der Waals surface area (Å²) in [6.45, 7) is 2.56. The lowest BCUT2D eigenvalue weighted by Crippen LogP contribution is -2.47. The Bertz CT molecular complexity index is 381. The zero-order valence-corrected chi connectivity index (χ0v) is 11.3. The molecule has 1 atom stereocenters. The summed E-state index contributed by atoms with van der Waals surface area (Å²) in [7, 11) is 3.71. The Balaban J connectivity index is 2.45. The standard InChI is InChI=1S/C14H22N2O2/c1-14(15-2,13(17)18)10-7-11-16(3)12-8-5-4-6-9-12/h4-6,8-9,15H,7,10-11H2,1-3H3,(H,17,18). The summed E-state index contributed by atoms with van der Waals surface area (Å²) in [5.41, 5.74) is 0.316. The van der Waals surface area contributed by atoms with Gasteiger partial charge in [-0.05, 0) is 38.9 Å². The lowest BCUT2D eigenvalue weighted by molar-refractivity contribution is -0.144. The molecule has 4 nitrogen and oxygen atoms in total. The topological polar surface area (TPSA) is 52.6 Å². The number of aliphatic carboxylic acids is 1. The molecule has 1 unspecified atom stereocenters. The number of likely N-dealkylation sites (N-methyl/N-ethyl adjacent to an activating group) is 1. The van der Waals surface area contributed by atoms with Crippen LogP contribution in [0.25, 0.3) is 0 Å². The Morgan fingerprint density at radius 1 is 1.39 bits per heavy atom. The van der Waals surface area contributed by atoms with Crippen LogP contribution in [0.4, 0.5) is 5.69 Å². The molecule has 0 aliphatic heterocycles. The maximum atomic E-state index is 11.1. The van der Waals surface area contributed by atoms with Crippen molar-refractivity contribution in [2.75, 3.05) is 25.5 Å². The van der Waals surface area contributed by atoms with Crippen LogP contribution in [0.1, 0.15) is 19.8 Å². The zero-order chi connectivity index (χ0) is 13.6. The molecule has 4 heteroatoms. The van der Waals surface area contributed by atoms with E-state index in [2.05, 4.69) is 22.3 Å². The number of carbonyl (C=O) groups is 1. The summed E-state index contributed by atoms with van der Waals surface area (Å²) in [6.07, 6.45) is 1.44. The van der Waals surface area contributed by atoms with Crippen molar-refractivity contribution in [2.24, 2.45) is 0 Å². The summed E-state index contributed by atoms with van der Waals surface area (Å²) in [6, 6.07) is 10.1. The van der Waals surface area contributed by atoms with Gasteiger partial charge in [0.25, 0.3) is 0 Å². The number of hydrogen-bond donors (Lipinski definition) is 2. The number of hydrogen-bond acceptors (Lipinski definition) is 3. The molecule has 2 N–H and O–H groups in total. The number of rotatable bonds is 7. The van der Waals surface area contributed by atoms with E-state index in [1.807, 2.05) is 25.2 Å². The molecule has 0 amide bonds. The molecule has 0 spiro atoms. The second kappa shape index (κ2) is 6.40. The van der Waals surface area contributed by atoms with Gasteiger partial charge >= 0.3 is 5.97 Å². The second-order valence-corrected chi connectivity index (χ2v) is 4.75. The van der Waals surface area contributed by atoms with Crippen LogP contribution < -0.4 is 10.2 Å². The summed E-state index contributed by atoms with van der Waals surface area (Å²) < 4.78 is 0. The average molecular weight is 250 g/mol. The fraction of sp³-hybridized carbons (Fsp3) is 0.500. The largest absolute Gasteiger partial charge is 0.480 e. The minimum Gasteiger partial charge on any atom is -0.480 e. The Morgan fingerprint density at radius 2 is 2.00 bits per heavy atom. The van der Waals surface area contributed by atoms with Crippen LogP contribution in [0, 0.1) is 0 Å². The molecular formula is C14H22N2O2. The van der Waals surface area contributed by atoms with Crippen molar-refractivity contribution in [2.45, 2.75) is 25.3 Å². The molecule has 100 valence electrons. The van der Waals surface area contributed by atoms with Gasteiger partial charge in [-0.2, -0.15) is 0 Å². The Hall–Kier alpha value is -1.55. The Labute approximate surface area is 109 Å². The number of nitrogens with one attached hydrogen (secondary N) is 1. The van der Waals surface area contributed by atoms with Gasteiger partial charge in [0.2, 0.25) is 0 Å². The van der Waals surface area contributed by atoms with Crippen molar-refractivity contribution in [3.05, 3.63) is 30.3 Å². The van der Waals surface area contributed by atoms with Crippen molar-refractivity contribution >= 4 is 11.7 Å². The summed E-state index contributed by atoms with van der Waals surface area (Å²) in [5, 5.41) is 12.0. The van der Waals surface area contributed by atoms with Crippen molar-refractivity contribution < 1.29 is 9.90 Å². The van der Waals surface area contributed by atoms with Crippen LogP contribution in [0.5, 0.6) is 0 Å². The Morgan fingerprint density at radius 3 is 2.50 bits per heavy atom. The van der Waals surface area contributed by atoms with Gasteiger partial charge in [0.1, 0.15) is 5.54 Å². The van der Waals surface area contributed by atoms with E-state index in [9.17, 15) is 4.79 Å². The van der Waals surface area contributed by atoms with Crippen LogP contribution >= 0.6 is 0 Å². The van der Waals surface area contributed by atoms with Gasteiger partial charge in [-0.15, -0.1) is 0 Å². The highest BCUT2D eigenvalue weighted by molar-refractivity contribution is 5.78. The van der Waals surface area contributed by atoms with Crippen LogP contribution in [-0.2, 0) is 4.79 Å². The van der Waals surface area contributed by atoms with Gasteiger partial charge in [0, 0.05) is 19.3 Å². The molecule has 0 saturated carbocycles. The number of carboxylic acids is 1. The van der Waals surface area contributed by atoms with Crippen LogP contribution in [0.3, 0.4) is 0 Å². The normalized spacial score (nSPS) is 13.9. The molecule has 0 heterocycles. The molecule has 0 aromatic heterocycles. The molecule has 0 saturated heterocycles. The number of carboxylic acid groups (broad SMARTS) is 1. The number of para-hydroxylation sites is 1. The average Bonchev–Trinajstić information content (AvgIpc) is 2.39. The zero-order valence-electron chi connectivity index (χ0n) is 11.3. The first-order chi connectivity index (χ1) is 8.49. The van der Waals surface area contributed by atoms with Crippen molar-refractivity contribution in [1.29, 1.82) is 0 Å². The molecule has 1 aromatic carbocycles.